The van der Waals surface area contributed by atoms with E-state index in [1.165, 1.54) is 32.4 Å². The number of fused-ring (bicyclic) bond motifs is 3. The summed E-state index contributed by atoms with van der Waals surface area (Å²) in [6, 6.07) is 78.7. The van der Waals surface area contributed by atoms with Gasteiger partial charge in [0.05, 0.1) is 5.52 Å². The Morgan fingerprint density at radius 1 is 0.273 bits per heavy atom. The molecule has 0 aliphatic heterocycles. The SMILES string of the molecule is c1ccc(N(c2cc(-c3ccc4ccn(-c5ccccc5)c4c3)cc(N(c3ccccc3)c3ccc4ccccc4c3)c2)c2ccc3ccccc3c2)cc1. The van der Waals surface area contributed by atoms with E-state index in [2.05, 4.69) is 239 Å². The van der Waals surface area contributed by atoms with E-state index in [1.807, 2.05) is 0 Å². The Bertz CT molecular complexity index is 2790. The number of benzene rings is 9. The molecule has 0 N–H and O–H groups in total. The number of anilines is 6. The van der Waals surface area contributed by atoms with E-state index in [0.717, 1.165) is 50.9 Å². The van der Waals surface area contributed by atoms with Crippen molar-refractivity contribution in [1.82, 2.24) is 4.57 Å². The molecule has 0 radical (unpaired) electrons. The molecular weight excluding hydrogens is 667 g/mol. The molecule has 0 atom stereocenters. The lowest BCUT2D eigenvalue weighted by Gasteiger charge is -2.30. The molecule has 3 heteroatoms. The summed E-state index contributed by atoms with van der Waals surface area (Å²) >= 11 is 0. The zero-order valence-corrected chi connectivity index (χ0v) is 30.2. The fourth-order valence-electron chi connectivity index (χ4n) is 7.82. The van der Waals surface area contributed by atoms with Crippen LogP contribution in [0.3, 0.4) is 0 Å². The highest BCUT2D eigenvalue weighted by Crippen LogP contribution is 2.44. The fourth-order valence-corrected chi connectivity index (χ4v) is 7.82. The molecule has 0 unspecified atom stereocenters. The lowest BCUT2D eigenvalue weighted by molar-refractivity contribution is 1.13. The zero-order chi connectivity index (χ0) is 36.6. The van der Waals surface area contributed by atoms with Crippen molar-refractivity contribution in [2.24, 2.45) is 0 Å². The van der Waals surface area contributed by atoms with E-state index in [4.69, 9.17) is 0 Å². The van der Waals surface area contributed by atoms with Crippen molar-refractivity contribution in [2.75, 3.05) is 9.80 Å². The van der Waals surface area contributed by atoms with Crippen molar-refractivity contribution in [2.45, 2.75) is 0 Å². The van der Waals surface area contributed by atoms with Crippen LogP contribution in [-0.4, -0.2) is 4.57 Å². The van der Waals surface area contributed by atoms with Gasteiger partial charge in [-0.15, -0.1) is 0 Å². The summed E-state index contributed by atoms with van der Waals surface area (Å²) in [7, 11) is 0. The molecule has 0 aliphatic carbocycles. The Labute approximate surface area is 321 Å². The topological polar surface area (TPSA) is 11.4 Å². The molecule has 3 nitrogen and oxygen atoms in total. The largest absolute Gasteiger partial charge is 0.317 e. The highest BCUT2D eigenvalue weighted by atomic mass is 15.2. The lowest BCUT2D eigenvalue weighted by atomic mass is 10.0. The quantitative estimate of drug-likeness (QED) is 0.156. The first-order chi connectivity index (χ1) is 27.2. The summed E-state index contributed by atoms with van der Waals surface area (Å²) in [6.45, 7) is 0. The normalized spacial score (nSPS) is 11.3. The van der Waals surface area contributed by atoms with Crippen molar-refractivity contribution in [3.8, 4) is 16.8 Å². The maximum Gasteiger partial charge on any atom is 0.0534 e. The molecule has 0 saturated carbocycles. The van der Waals surface area contributed by atoms with Gasteiger partial charge in [-0.2, -0.15) is 0 Å². The van der Waals surface area contributed by atoms with Crippen LogP contribution in [0.1, 0.15) is 0 Å². The van der Waals surface area contributed by atoms with Gasteiger partial charge in [-0.25, -0.2) is 0 Å². The Kier molecular flexibility index (Phi) is 8.16. The molecule has 260 valence electrons. The van der Waals surface area contributed by atoms with Crippen LogP contribution >= 0.6 is 0 Å². The van der Waals surface area contributed by atoms with Gasteiger partial charge in [0.25, 0.3) is 0 Å². The molecule has 9 aromatic carbocycles. The maximum absolute atomic E-state index is 2.38. The predicted octanol–water partition coefficient (Wildman–Crippen LogP) is 14.5. The number of rotatable bonds is 8. The van der Waals surface area contributed by atoms with Crippen LogP contribution in [0.15, 0.2) is 225 Å². The van der Waals surface area contributed by atoms with Crippen molar-refractivity contribution < 1.29 is 0 Å². The van der Waals surface area contributed by atoms with Crippen LogP contribution in [0.5, 0.6) is 0 Å². The highest BCUT2D eigenvalue weighted by molar-refractivity contribution is 5.95. The number of nitrogens with zero attached hydrogens (tertiary/aromatic N) is 3. The molecular formula is C52H37N3. The molecule has 0 fully saturated rings. The maximum atomic E-state index is 2.38. The van der Waals surface area contributed by atoms with Crippen LogP contribution in [0.4, 0.5) is 34.1 Å². The molecule has 0 spiro atoms. The van der Waals surface area contributed by atoms with E-state index in [9.17, 15) is 0 Å². The van der Waals surface area contributed by atoms with Crippen LogP contribution < -0.4 is 9.80 Å². The van der Waals surface area contributed by atoms with Crippen molar-refractivity contribution in [3.05, 3.63) is 225 Å². The number of para-hydroxylation sites is 3. The summed E-state index contributed by atoms with van der Waals surface area (Å²) in [5.41, 5.74) is 11.1. The van der Waals surface area contributed by atoms with E-state index >= 15 is 0 Å². The van der Waals surface area contributed by atoms with Gasteiger partial charge in [-0.3, -0.25) is 0 Å². The monoisotopic (exact) mass is 703 g/mol. The van der Waals surface area contributed by atoms with Gasteiger partial charge in [0.1, 0.15) is 0 Å². The Morgan fingerprint density at radius 2 is 0.745 bits per heavy atom. The molecule has 0 saturated heterocycles. The van der Waals surface area contributed by atoms with Gasteiger partial charge in [0.2, 0.25) is 0 Å². The van der Waals surface area contributed by atoms with Gasteiger partial charge in [0, 0.05) is 46.0 Å². The lowest BCUT2D eigenvalue weighted by Crippen LogP contribution is -2.13. The standard InChI is InChI=1S/C52H37N3/c1-4-18-45(19-5-1)53-31-30-40-24-25-43(36-52(40)53)44-34-50(54(46-20-6-2-7-21-46)48-28-26-38-14-10-12-16-41(38)32-48)37-51(35-44)55(47-22-8-3-9-23-47)49-29-27-39-15-11-13-17-42(39)33-49/h1-37H. The minimum Gasteiger partial charge on any atom is -0.317 e. The van der Waals surface area contributed by atoms with Crippen LogP contribution in [0.25, 0.3) is 49.3 Å². The molecule has 10 aromatic rings. The smallest absolute Gasteiger partial charge is 0.0534 e. The van der Waals surface area contributed by atoms with E-state index in [1.54, 1.807) is 0 Å². The minimum absolute atomic E-state index is 1.06. The summed E-state index contributed by atoms with van der Waals surface area (Å²) in [6.07, 6.45) is 2.17. The van der Waals surface area contributed by atoms with Crippen LogP contribution in [-0.2, 0) is 0 Å². The average Bonchev–Trinajstić information content (AvgIpc) is 3.68. The minimum atomic E-state index is 1.06. The van der Waals surface area contributed by atoms with E-state index in [0.29, 0.717) is 0 Å². The first-order valence-corrected chi connectivity index (χ1v) is 18.8. The molecule has 10 rings (SSSR count). The Morgan fingerprint density at radius 3 is 1.29 bits per heavy atom. The molecule has 0 amide bonds. The van der Waals surface area contributed by atoms with Gasteiger partial charge >= 0.3 is 0 Å². The van der Waals surface area contributed by atoms with Crippen molar-refractivity contribution in [1.29, 1.82) is 0 Å². The Balaban J connectivity index is 1.23. The van der Waals surface area contributed by atoms with E-state index < -0.39 is 0 Å². The third kappa shape index (κ3) is 6.18. The van der Waals surface area contributed by atoms with Gasteiger partial charge < -0.3 is 14.4 Å². The van der Waals surface area contributed by atoms with Crippen LogP contribution in [0.2, 0.25) is 0 Å². The molecule has 0 bridgehead atoms. The first-order valence-electron chi connectivity index (χ1n) is 18.8. The van der Waals surface area contributed by atoms with Crippen molar-refractivity contribution in [3.63, 3.8) is 0 Å². The second kappa shape index (κ2) is 13.9. The first kappa shape index (κ1) is 32.3. The highest BCUT2D eigenvalue weighted by Gasteiger charge is 2.20. The number of aromatic nitrogens is 1. The summed E-state index contributed by atoms with van der Waals surface area (Å²) in [5.74, 6) is 0. The number of hydrogen-bond acceptors (Lipinski definition) is 2. The Hall–Kier alpha value is -7.36. The molecule has 1 heterocycles. The van der Waals surface area contributed by atoms with Gasteiger partial charge in [-0.05, 0) is 129 Å². The van der Waals surface area contributed by atoms with Crippen molar-refractivity contribution >= 4 is 66.6 Å². The predicted molar refractivity (Wildman–Crippen MR) is 233 cm³/mol. The van der Waals surface area contributed by atoms with E-state index in [-0.39, 0.29) is 0 Å². The summed E-state index contributed by atoms with van der Waals surface area (Å²) in [4.78, 5) is 4.77. The summed E-state index contributed by atoms with van der Waals surface area (Å²) in [5, 5.41) is 6.04. The van der Waals surface area contributed by atoms with Crippen LogP contribution in [0, 0.1) is 0 Å². The molecule has 1 aromatic heterocycles. The summed E-state index contributed by atoms with van der Waals surface area (Å²) < 4.78 is 2.28. The average molecular weight is 704 g/mol. The van der Waals surface area contributed by atoms with Gasteiger partial charge in [-0.1, -0.05) is 127 Å². The second-order valence-corrected chi connectivity index (χ2v) is 13.9. The molecule has 55 heavy (non-hydrogen) atoms. The third-order valence-corrected chi connectivity index (χ3v) is 10.5. The second-order valence-electron chi connectivity index (χ2n) is 13.9. The molecule has 0 aliphatic rings. The zero-order valence-electron chi connectivity index (χ0n) is 30.2. The van der Waals surface area contributed by atoms with Gasteiger partial charge in [0.15, 0.2) is 0 Å². The number of hydrogen-bond donors (Lipinski definition) is 0. The third-order valence-electron chi connectivity index (χ3n) is 10.5. The fraction of sp³-hybridized carbons (Fsp3) is 0.